The zero-order valence-corrected chi connectivity index (χ0v) is 28.5. The predicted molar refractivity (Wildman–Crippen MR) is 186 cm³/mol. The molecule has 0 spiro atoms. The highest BCUT2D eigenvalue weighted by atomic mass is 16.5. The summed E-state index contributed by atoms with van der Waals surface area (Å²) in [5.41, 5.74) is 2.71. The van der Waals surface area contributed by atoms with Gasteiger partial charge in [-0.3, -0.25) is 0 Å². The van der Waals surface area contributed by atoms with E-state index < -0.39 is 0 Å². The second kappa shape index (κ2) is 11.5. The van der Waals surface area contributed by atoms with Crippen LogP contribution in [0.15, 0.2) is 72.8 Å². The normalized spacial score (nSPS) is 20.8. The standard InChI is InChI=1S/C40H48N2O4/c1-37(2)21-27(22-38(3,4)41-37)45-35(43)33-15-11-12-25-20-26(16-17-30(25)33)29-18-19-34(32-14-10-9-13-31(29)32)36(44)46-28-23-39(5,6)42-40(7,8)24-28/h9-20,27-28,41-42H,21-24H2,1-8H3. The summed E-state index contributed by atoms with van der Waals surface area (Å²) >= 11 is 0. The lowest BCUT2D eigenvalue weighted by molar-refractivity contribution is -0.00748. The maximum Gasteiger partial charge on any atom is 0.339 e. The molecule has 0 amide bonds. The van der Waals surface area contributed by atoms with Crippen LogP contribution in [-0.4, -0.2) is 46.3 Å². The van der Waals surface area contributed by atoms with E-state index in [1.807, 2.05) is 54.6 Å². The molecule has 242 valence electrons. The van der Waals surface area contributed by atoms with E-state index in [1.54, 1.807) is 0 Å². The van der Waals surface area contributed by atoms with Crippen molar-refractivity contribution in [3.63, 3.8) is 0 Å². The third-order valence-corrected chi connectivity index (χ3v) is 9.41. The monoisotopic (exact) mass is 620 g/mol. The summed E-state index contributed by atoms with van der Waals surface area (Å²) in [6.45, 7) is 17.3. The average Bonchev–Trinajstić information content (AvgIpc) is 2.92. The molecular weight excluding hydrogens is 572 g/mol. The maximum absolute atomic E-state index is 13.6. The van der Waals surface area contributed by atoms with Crippen LogP contribution in [0.4, 0.5) is 0 Å². The Bertz CT molecular complexity index is 1790. The Kier molecular flexibility index (Phi) is 8.05. The highest BCUT2D eigenvalue weighted by Gasteiger charge is 2.40. The molecule has 2 saturated heterocycles. The maximum atomic E-state index is 13.6. The summed E-state index contributed by atoms with van der Waals surface area (Å²) in [6, 6.07) is 23.9. The van der Waals surface area contributed by atoms with E-state index in [2.05, 4.69) is 84.2 Å². The number of hydrogen-bond donors (Lipinski definition) is 2. The molecule has 6 heteroatoms. The molecule has 0 saturated carbocycles. The van der Waals surface area contributed by atoms with Gasteiger partial charge in [0.15, 0.2) is 0 Å². The van der Waals surface area contributed by atoms with Crippen LogP contribution in [0.1, 0.15) is 102 Å². The van der Waals surface area contributed by atoms with Gasteiger partial charge >= 0.3 is 11.9 Å². The quantitative estimate of drug-likeness (QED) is 0.218. The van der Waals surface area contributed by atoms with Gasteiger partial charge in [-0.05, 0) is 106 Å². The second-order valence-electron chi connectivity index (χ2n) is 16.1. The highest BCUT2D eigenvalue weighted by molar-refractivity contribution is 6.10. The molecule has 2 N–H and O–H groups in total. The number of ether oxygens (including phenoxy) is 2. The van der Waals surface area contributed by atoms with Crippen LogP contribution in [0.25, 0.3) is 32.7 Å². The van der Waals surface area contributed by atoms with Crippen molar-refractivity contribution in [2.45, 2.75) is 115 Å². The number of fused-ring (bicyclic) bond motifs is 2. The van der Waals surface area contributed by atoms with Crippen molar-refractivity contribution < 1.29 is 19.1 Å². The fraction of sp³-hybridized carbons (Fsp3) is 0.450. The van der Waals surface area contributed by atoms with E-state index in [9.17, 15) is 9.59 Å². The Morgan fingerprint density at radius 2 is 1.07 bits per heavy atom. The summed E-state index contributed by atoms with van der Waals surface area (Å²) in [4.78, 5) is 27.1. The van der Waals surface area contributed by atoms with Crippen molar-refractivity contribution in [2.24, 2.45) is 0 Å². The zero-order valence-electron chi connectivity index (χ0n) is 28.5. The molecule has 0 radical (unpaired) electrons. The van der Waals surface area contributed by atoms with Crippen LogP contribution in [0.3, 0.4) is 0 Å². The number of esters is 2. The summed E-state index contributed by atoms with van der Waals surface area (Å²) < 4.78 is 12.3. The van der Waals surface area contributed by atoms with Crippen molar-refractivity contribution in [3.05, 3.63) is 83.9 Å². The molecule has 2 heterocycles. The van der Waals surface area contributed by atoms with Crippen molar-refractivity contribution in [1.82, 2.24) is 10.6 Å². The Labute approximate surface area is 273 Å². The van der Waals surface area contributed by atoms with E-state index >= 15 is 0 Å². The number of carbonyl (C=O) groups is 2. The number of nitrogens with one attached hydrogen (secondary N) is 2. The van der Waals surface area contributed by atoms with Gasteiger partial charge in [-0.25, -0.2) is 9.59 Å². The molecule has 2 aliphatic heterocycles. The van der Waals surface area contributed by atoms with Gasteiger partial charge in [0.1, 0.15) is 12.2 Å². The lowest BCUT2D eigenvalue weighted by Gasteiger charge is -2.45. The van der Waals surface area contributed by atoms with E-state index in [0.29, 0.717) is 11.1 Å². The topological polar surface area (TPSA) is 76.7 Å². The molecule has 2 fully saturated rings. The second-order valence-corrected chi connectivity index (χ2v) is 16.1. The molecule has 46 heavy (non-hydrogen) atoms. The Morgan fingerprint density at radius 1 is 0.565 bits per heavy atom. The minimum Gasteiger partial charge on any atom is -0.459 e. The smallest absolute Gasteiger partial charge is 0.339 e. The number of hydrogen-bond acceptors (Lipinski definition) is 6. The molecule has 0 bridgehead atoms. The lowest BCUT2D eigenvalue weighted by Crippen LogP contribution is -2.59. The molecule has 0 unspecified atom stereocenters. The van der Waals surface area contributed by atoms with Crippen molar-refractivity contribution in [2.75, 3.05) is 0 Å². The van der Waals surface area contributed by atoms with Gasteiger partial charge in [-0.15, -0.1) is 0 Å². The first-order valence-electron chi connectivity index (χ1n) is 16.6. The van der Waals surface area contributed by atoms with Crippen LogP contribution in [-0.2, 0) is 9.47 Å². The van der Waals surface area contributed by atoms with Crippen molar-refractivity contribution >= 4 is 33.5 Å². The molecule has 0 aliphatic carbocycles. The van der Waals surface area contributed by atoms with E-state index in [0.717, 1.165) is 58.4 Å². The SMILES string of the molecule is CC1(C)CC(OC(=O)c2cccc3cc(-c4ccc(C(=O)OC5CC(C)(C)NC(C)(C)C5)c5ccccc45)ccc23)CC(C)(C)N1. The van der Waals surface area contributed by atoms with Gasteiger partial charge < -0.3 is 20.1 Å². The van der Waals surface area contributed by atoms with Crippen LogP contribution in [0.5, 0.6) is 0 Å². The molecule has 6 rings (SSSR count). The van der Waals surface area contributed by atoms with E-state index in [4.69, 9.17) is 9.47 Å². The average molecular weight is 621 g/mol. The summed E-state index contributed by atoms with van der Waals surface area (Å²) in [7, 11) is 0. The Hall–Kier alpha value is -3.74. The molecule has 0 atom stereocenters. The van der Waals surface area contributed by atoms with E-state index in [-0.39, 0.29) is 46.3 Å². The third-order valence-electron chi connectivity index (χ3n) is 9.41. The van der Waals surface area contributed by atoms with Crippen LogP contribution < -0.4 is 10.6 Å². The molecule has 6 nitrogen and oxygen atoms in total. The first-order valence-corrected chi connectivity index (χ1v) is 16.6. The largest absolute Gasteiger partial charge is 0.459 e. The lowest BCUT2D eigenvalue weighted by atomic mass is 9.81. The molecular formula is C40H48N2O4. The summed E-state index contributed by atoms with van der Waals surface area (Å²) in [6.07, 6.45) is 2.74. The molecule has 0 aromatic heterocycles. The van der Waals surface area contributed by atoms with Gasteiger partial charge in [0.2, 0.25) is 0 Å². The summed E-state index contributed by atoms with van der Waals surface area (Å²) in [5, 5.41) is 11.0. The molecule has 4 aromatic rings. The van der Waals surface area contributed by atoms with Crippen LogP contribution in [0.2, 0.25) is 0 Å². The summed E-state index contributed by atoms with van der Waals surface area (Å²) in [5.74, 6) is -0.575. The number of rotatable bonds is 5. The van der Waals surface area contributed by atoms with Crippen LogP contribution >= 0.6 is 0 Å². The van der Waals surface area contributed by atoms with Gasteiger partial charge in [-0.2, -0.15) is 0 Å². The van der Waals surface area contributed by atoms with E-state index in [1.165, 1.54) is 0 Å². The van der Waals surface area contributed by atoms with Crippen molar-refractivity contribution in [1.29, 1.82) is 0 Å². The van der Waals surface area contributed by atoms with Crippen LogP contribution in [0, 0.1) is 0 Å². The molecule has 2 aliphatic rings. The fourth-order valence-electron chi connectivity index (χ4n) is 8.41. The highest BCUT2D eigenvalue weighted by Crippen LogP contribution is 2.36. The first kappa shape index (κ1) is 32.2. The Balaban J connectivity index is 1.28. The number of carbonyl (C=O) groups excluding carboxylic acids is 2. The minimum absolute atomic E-state index is 0.114. The fourth-order valence-corrected chi connectivity index (χ4v) is 8.41. The number of benzene rings is 4. The zero-order chi connectivity index (χ0) is 33.1. The van der Waals surface area contributed by atoms with Gasteiger partial charge in [0, 0.05) is 47.8 Å². The van der Waals surface area contributed by atoms with Gasteiger partial charge in [-0.1, -0.05) is 54.6 Å². The number of piperidine rings is 2. The van der Waals surface area contributed by atoms with Crippen molar-refractivity contribution in [3.8, 4) is 11.1 Å². The predicted octanol–water partition coefficient (Wildman–Crippen LogP) is 8.59. The van der Waals surface area contributed by atoms with Gasteiger partial charge in [0.25, 0.3) is 0 Å². The third kappa shape index (κ3) is 6.84. The minimum atomic E-state index is -0.288. The first-order chi connectivity index (χ1) is 21.5. The van der Waals surface area contributed by atoms with Gasteiger partial charge in [0.05, 0.1) is 11.1 Å². The molecule has 4 aromatic carbocycles. The Morgan fingerprint density at radius 3 is 1.61 bits per heavy atom.